The molecule has 0 saturated heterocycles. The van der Waals surface area contributed by atoms with Crippen LogP contribution < -0.4 is 15.4 Å². The van der Waals surface area contributed by atoms with Crippen molar-refractivity contribution in [3.63, 3.8) is 0 Å². The van der Waals surface area contributed by atoms with E-state index < -0.39 is 17.3 Å². The van der Waals surface area contributed by atoms with E-state index in [0.717, 1.165) is 63.5 Å². The van der Waals surface area contributed by atoms with Gasteiger partial charge in [-0.2, -0.15) is 8.75 Å². The third-order valence-electron chi connectivity index (χ3n) is 8.91. The van der Waals surface area contributed by atoms with E-state index in [1.807, 2.05) is 85.7 Å². The number of nitrogens with zero attached hydrogens (tertiary/aromatic N) is 5. The molecule has 2 heterocycles. The van der Waals surface area contributed by atoms with Crippen LogP contribution in [-0.2, 0) is 22.3 Å². The molecule has 2 aliphatic carbocycles. The molecule has 57 heavy (non-hydrogen) atoms. The van der Waals surface area contributed by atoms with E-state index in [9.17, 15) is 9.59 Å². The Balaban J connectivity index is 0.000000208. The minimum absolute atomic E-state index is 0.0100. The fraction of sp³-hybridized carbons (Fsp3) is 0.405. The Hall–Kier alpha value is -4.91. The molecule has 0 unspecified atom stereocenters. The van der Waals surface area contributed by atoms with E-state index in [2.05, 4.69) is 57.3 Å². The van der Waals surface area contributed by atoms with Crippen LogP contribution in [0.5, 0.6) is 5.75 Å². The Morgan fingerprint density at radius 3 is 1.81 bits per heavy atom. The first-order chi connectivity index (χ1) is 27.0. The molecule has 12 nitrogen and oxygen atoms in total. The molecule has 298 valence electrons. The van der Waals surface area contributed by atoms with E-state index in [1.165, 1.54) is 34.2 Å². The normalized spacial score (nSPS) is 15.8. The van der Waals surface area contributed by atoms with Gasteiger partial charge in [0.2, 0.25) is 10.4 Å². The van der Waals surface area contributed by atoms with E-state index in [4.69, 9.17) is 25.8 Å². The molecule has 2 N–H and O–H groups in total. The number of carbonyl (C=O) groups excluding carboxylic acids is 2. The first-order valence-corrected chi connectivity index (χ1v) is 21.1. The number of amides is 2. The lowest BCUT2D eigenvalue weighted by Crippen LogP contribution is -2.34. The molecule has 2 aliphatic rings. The summed E-state index contributed by atoms with van der Waals surface area (Å²) in [5.41, 5.74) is 6.95. The van der Waals surface area contributed by atoms with Crippen LogP contribution in [0.15, 0.2) is 59.3 Å². The molecular weight excluding hydrogens is 827 g/mol. The summed E-state index contributed by atoms with van der Waals surface area (Å²) in [7, 11) is 0. The molecular formula is C42H46BrN7O5S2. The van der Waals surface area contributed by atoms with Crippen molar-refractivity contribution in [2.24, 2.45) is 0 Å². The van der Waals surface area contributed by atoms with Crippen molar-refractivity contribution in [3.05, 3.63) is 93.0 Å². The maximum Gasteiger partial charge on any atom is 0.408 e. The Labute approximate surface area is 350 Å². The van der Waals surface area contributed by atoms with Gasteiger partial charge in [0, 0.05) is 16.7 Å². The molecule has 0 bridgehead atoms. The summed E-state index contributed by atoms with van der Waals surface area (Å²) in [6.45, 7) is 22.5. The van der Waals surface area contributed by atoms with Gasteiger partial charge >= 0.3 is 12.2 Å². The smallest absolute Gasteiger partial charge is 0.408 e. The molecule has 2 amide bonds. The van der Waals surface area contributed by atoms with E-state index in [1.54, 1.807) is 12.1 Å². The van der Waals surface area contributed by atoms with Crippen molar-refractivity contribution < 1.29 is 23.8 Å². The lowest BCUT2D eigenvalue weighted by atomic mass is 10.0. The van der Waals surface area contributed by atoms with Gasteiger partial charge in [0.1, 0.15) is 27.0 Å². The lowest BCUT2D eigenvalue weighted by molar-refractivity contribution is 0.0492. The summed E-state index contributed by atoms with van der Waals surface area (Å²) >= 11 is 6.00. The number of carbonyl (C=O) groups is 2. The van der Waals surface area contributed by atoms with E-state index in [0.29, 0.717) is 22.0 Å². The van der Waals surface area contributed by atoms with Crippen molar-refractivity contribution in [1.82, 2.24) is 29.3 Å². The standard InChI is InChI=1S/C26H28N4O3S.C16H18BrN3O2S/c1-15(2)32-22-13-10-16(14-21(22)27-6)23-29-24(34-30-23)19-9-7-8-18-17(19)11-12-20(18)28-25(31)33-26(3,4)5;1-16(2,3)22-15(21)18-12-8-7-9-10(12)5-4-6-11(9)13-19-14(17)20-23-13/h7-10,13-15,20H,11-12H2,1-5H3,(H,28,31);4-6,12H,7-8H2,1-3H3,(H,18,21)/t20-;12-/m00/s1. The highest BCUT2D eigenvalue weighted by Gasteiger charge is 2.30. The number of hydrogen-bond acceptors (Lipinski definition) is 11. The third kappa shape index (κ3) is 10.5. The largest absolute Gasteiger partial charge is 0.502 e. The van der Waals surface area contributed by atoms with E-state index >= 15 is 0 Å². The maximum atomic E-state index is 12.3. The number of fused-ring (bicyclic) bond motifs is 2. The van der Waals surface area contributed by atoms with Gasteiger partial charge in [0.25, 0.3) is 0 Å². The summed E-state index contributed by atoms with van der Waals surface area (Å²) in [5, 5.41) is 7.68. The molecule has 0 radical (unpaired) electrons. The van der Waals surface area contributed by atoms with Crippen LogP contribution in [-0.4, -0.2) is 48.2 Å². The quantitative estimate of drug-likeness (QED) is 0.153. The number of rotatable bonds is 7. The minimum Gasteiger partial charge on any atom is -0.502 e. The van der Waals surface area contributed by atoms with Crippen molar-refractivity contribution in [2.45, 2.75) is 110 Å². The van der Waals surface area contributed by atoms with Crippen molar-refractivity contribution in [1.29, 1.82) is 0 Å². The number of hydrogen-bond donors (Lipinski definition) is 2. The minimum atomic E-state index is -0.539. The number of ether oxygens (including phenoxy) is 3. The third-order valence-corrected chi connectivity index (χ3v) is 11.0. The fourth-order valence-electron chi connectivity index (χ4n) is 6.77. The van der Waals surface area contributed by atoms with Gasteiger partial charge in [-0.3, -0.25) is 0 Å². The number of aromatic nitrogens is 4. The zero-order valence-corrected chi connectivity index (χ0v) is 36.4. The second kappa shape index (κ2) is 17.3. The molecule has 2 atom stereocenters. The summed E-state index contributed by atoms with van der Waals surface area (Å²) in [6, 6.07) is 17.5. The molecule has 0 saturated carbocycles. The van der Waals surface area contributed by atoms with Gasteiger partial charge in [0.15, 0.2) is 5.82 Å². The summed E-state index contributed by atoms with van der Waals surface area (Å²) < 4.78 is 25.9. The molecule has 7 rings (SSSR count). The molecule has 5 aromatic rings. The van der Waals surface area contributed by atoms with Crippen LogP contribution in [0.4, 0.5) is 15.3 Å². The van der Waals surface area contributed by atoms with E-state index in [-0.39, 0.29) is 24.3 Å². The first kappa shape index (κ1) is 41.7. The van der Waals surface area contributed by atoms with Gasteiger partial charge in [0.05, 0.1) is 24.8 Å². The highest BCUT2D eigenvalue weighted by atomic mass is 79.9. The van der Waals surface area contributed by atoms with Crippen LogP contribution in [0, 0.1) is 6.57 Å². The molecule has 0 spiro atoms. The summed E-state index contributed by atoms with van der Waals surface area (Å²) in [4.78, 5) is 37.1. The SMILES string of the molecule is CC(C)(C)OC(=O)N[C@H]1CCc2c(-c3nc(Br)ns3)cccc21.[C-]#[N+]c1cc(-c2nsc(-c3cccc4c3CC[C@@H]4NC(=O)OC(C)(C)C)n2)ccc1OC(C)C. The highest BCUT2D eigenvalue weighted by molar-refractivity contribution is 9.10. The van der Waals surface area contributed by atoms with Crippen LogP contribution in [0.3, 0.4) is 0 Å². The number of alkyl carbamates (subject to hydrolysis) is 2. The second-order valence-corrected chi connectivity index (χ2v) is 18.2. The number of benzene rings is 3. The second-order valence-electron chi connectivity index (χ2n) is 16.0. The zero-order valence-electron chi connectivity index (χ0n) is 33.2. The van der Waals surface area contributed by atoms with Crippen molar-refractivity contribution >= 4 is 56.9 Å². The Bertz CT molecular complexity index is 2300. The average molecular weight is 873 g/mol. The Kier molecular flexibility index (Phi) is 12.7. The van der Waals surface area contributed by atoms with Crippen molar-refractivity contribution in [2.75, 3.05) is 0 Å². The Morgan fingerprint density at radius 2 is 1.33 bits per heavy atom. The lowest BCUT2D eigenvalue weighted by Gasteiger charge is -2.22. The van der Waals surface area contributed by atoms with Gasteiger partial charge in [-0.15, -0.1) is 0 Å². The van der Waals surface area contributed by atoms with Crippen LogP contribution >= 0.6 is 39.0 Å². The molecule has 0 aliphatic heterocycles. The zero-order chi connectivity index (χ0) is 41.1. The average Bonchev–Trinajstić information content (AvgIpc) is 3.95. The van der Waals surface area contributed by atoms with Gasteiger partial charge < -0.3 is 24.8 Å². The van der Waals surface area contributed by atoms with Crippen LogP contribution in [0.1, 0.15) is 103 Å². The van der Waals surface area contributed by atoms with Crippen LogP contribution in [0.25, 0.3) is 37.4 Å². The predicted octanol–water partition coefficient (Wildman–Crippen LogP) is 11.2. The Morgan fingerprint density at radius 1 is 0.807 bits per heavy atom. The molecule has 0 fully saturated rings. The van der Waals surface area contributed by atoms with Gasteiger partial charge in [-0.25, -0.2) is 24.4 Å². The molecule has 2 aromatic heterocycles. The fourth-order valence-corrected chi connectivity index (χ4v) is 8.64. The summed E-state index contributed by atoms with van der Waals surface area (Å²) in [5.74, 6) is 1.15. The predicted molar refractivity (Wildman–Crippen MR) is 227 cm³/mol. The van der Waals surface area contributed by atoms with Crippen molar-refractivity contribution in [3.8, 4) is 38.3 Å². The molecule has 3 aromatic carbocycles. The van der Waals surface area contributed by atoms with Gasteiger partial charge in [-0.05, 0) is 154 Å². The maximum absolute atomic E-state index is 12.3. The highest BCUT2D eigenvalue weighted by Crippen LogP contribution is 2.41. The monoisotopic (exact) mass is 871 g/mol. The van der Waals surface area contributed by atoms with Crippen LogP contribution in [0.2, 0.25) is 0 Å². The molecule has 15 heteroatoms. The number of halogens is 1. The summed E-state index contributed by atoms with van der Waals surface area (Å²) in [6.07, 6.45) is 2.62. The first-order valence-electron chi connectivity index (χ1n) is 18.7. The topological polar surface area (TPSA) is 142 Å². The number of nitrogens with one attached hydrogen (secondary N) is 2. The van der Waals surface area contributed by atoms with Gasteiger partial charge in [-0.1, -0.05) is 42.5 Å².